The number of rotatable bonds is 3. The molecule has 122 valence electrons. The van der Waals surface area contributed by atoms with E-state index in [2.05, 4.69) is 15.1 Å². The number of halogens is 3. The number of nitrogens with zero attached hydrogens (tertiary/aromatic N) is 4. The number of aromatic nitrogens is 4. The minimum atomic E-state index is -5.19. The maximum absolute atomic E-state index is 12.4. The summed E-state index contributed by atoms with van der Waals surface area (Å²) >= 11 is 0. The molecule has 2 heterocycles. The molecule has 1 amide bonds. The highest BCUT2D eigenvalue weighted by Gasteiger charge is 2.40. The average Bonchev–Trinajstić information content (AvgIpc) is 2.80. The number of carboxylic acid groups (broad SMARTS) is 1. The molecule has 2 aromatic heterocycles. The quantitative estimate of drug-likeness (QED) is 0.882. The van der Waals surface area contributed by atoms with Crippen molar-refractivity contribution in [1.82, 2.24) is 19.7 Å². The summed E-state index contributed by atoms with van der Waals surface area (Å²) in [4.78, 5) is 30.2. The van der Waals surface area contributed by atoms with Crippen molar-refractivity contribution in [3.05, 3.63) is 29.2 Å². The molecule has 0 aliphatic heterocycles. The Morgan fingerprint density at radius 3 is 2.26 bits per heavy atom. The van der Waals surface area contributed by atoms with E-state index >= 15 is 0 Å². The van der Waals surface area contributed by atoms with Crippen molar-refractivity contribution in [2.24, 2.45) is 0 Å². The molecule has 0 spiro atoms. The predicted molar refractivity (Wildman–Crippen MR) is 70.3 cm³/mol. The molecule has 0 radical (unpaired) electrons. The Hall–Kier alpha value is -2.98. The lowest BCUT2D eigenvalue weighted by molar-refractivity contribution is -0.167. The van der Waals surface area contributed by atoms with Crippen LogP contribution in [0.25, 0.3) is 5.95 Å². The van der Waals surface area contributed by atoms with Crippen LogP contribution in [0.4, 0.5) is 19.0 Å². The van der Waals surface area contributed by atoms with Crippen LogP contribution in [-0.2, 0) is 4.79 Å². The summed E-state index contributed by atoms with van der Waals surface area (Å²) in [5.41, 5.74) is 0.367. The minimum Gasteiger partial charge on any atom is -0.477 e. The van der Waals surface area contributed by atoms with Crippen LogP contribution >= 0.6 is 0 Å². The Kier molecular flexibility index (Phi) is 4.04. The first-order valence-electron chi connectivity index (χ1n) is 6.11. The van der Waals surface area contributed by atoms with E-state index in [9.17, 15) is 22.8 Å². The SMILES string of the molecule is Cc1cc(C)nc(-n2ncc(C(=O)O)c2NC(=O)C(F)(F)F)n1. The second-order valence-electron chi connectivity index (χ2n) is 4.53. The smallest absolute Gasteiger partial charge is 0.471 e. The van der Waals surface area contributed by atoms with E-state index in [0.29, 0.717) is 11.4 Å². The summed E-state index contributed by atoms with van der Waals surface area (Å²) in [5, 5.41) is 14.2. The van der Waals surface area contributed by atoms with E-state index in [4.69, 9.17) is 5.11 Å². The minimum absolute atomic E-state index is 0.160. The number of carboxylic acids is 1. The molecule has 0 aliphatic rings. The van der Waals surface area contributed by atoms with Crippen molar-refractivity contribution in [3.8, 4) is 5.95 Å². The van der Waals surface area contributed by atoms with E-state index in [0.717, 1.165) is 10.9 Å². The number of aryl methyl sites for hydroxylation is 2. The van der Waals surface area contributed by atoms with E-state index in [1.165, 1.54) is 5.32 Å². The van der Waals surface area contributed by atoms with Crippen molar-refractivity contribution in [2.45, 2.75) is 20.0 Å². The highest BCUT2D eigenvalue weighted by molar-refractivity contribution is 6.01. The maximum Gasteiger partial charge on any atom is 0.471 e. The fourth-order valence-corrected chi connectivity index (χ4v) is 1.76. The molecule has 2 N–H and O–H groups in total. The standard InChI is InChI=1S/C12H10F3N5O3/c1-5-3-6(2)18-11(17-5)20-8(7(4-16-20)9(21)22)19-10(23)12(13,14)15/h3-4H,1-2H3,(H,19,23)(H,21,22). The largest absolute Gasteiger partial charge is 0.477 e. The lowest BCUT2D eigenvalue weighted by Crippen LogP contribution is -2.31. The highest BCUT2D eigenvalue weighted by atomic mass is 19.4. The Labute approximate surface area is 127 Å². The van der Waals surface area contributed by atoms with Gasteiger partial charge in [-0.15, -0.1) is 0 Å². The third-order valence-corrected chi connectivity index (χ3v) is 2.65. The van der Waals surface area contributed by atoms with Gasteiger partial charge in [0.15, 0.2) is 5.82 Å². The van der Waals surface area contributed by atoms with Gasteiger partial charge < -0.3 is 10.4 Å². The summed E-state index contributed by atoms with van der Waals surface area (Å²) in [6.07, 6.45) is -4.39. The molecule has 8 nitrogen and oxygen atoms in total. The van der Waals surface area contributed by atoms with Gasteiger partial charge in [-0.25, -0.2) is 14.8 Å². The molecule has 0 saturated heterocycles. The van der Waals surface area contributed by atoms with Gasteiger partial charge >= 0.3 is 18.1 Å². The Bertz CT molecular complexity index is 764. The maximum atomic E-state index is 12.4. The number of nitrogens with one attached hydrogen (secondary N) is 1. The van der Waals surface area contributed by atoms with E-state index in [-0.39, 0.29) is 5.95 Å². The van der Waals surface area contributed by atoms with Crippen LogP contribution in [0.15, 0.2) is 12.3 Å². The number of carbonyl (C=O) groups excluding carboxylic acids is 1. The number of carbonyl (C=O) groups is 2. The molecule has 0 bridgehead atoms. The van der Waals surface area contributed by atoms with Gasteiger partial charge in [-0.05, 0) is 19.9 Å². The monoisotopic (exact) mass is 329 g/mol. The van der Waals surface area contributed by atoms with E-state index < -0.39 is 29.4 Å². The van der Waals surface area contributed by atoms with Gasteiger partial charge in [0.05, 0.1) is 6.20 Å². The predicted octanol–water partition coefficient (Wildman–Crippen LogP) is 1.48. The summed E-state index contributed by atoms with van der Waals surface area (Å²) in [6.45, 7) is 3.24. The van der Waals surface area contributed by atoms with Crippen molar-refractivity contribution in [3.63, 3.8) is 0 Å². The molecule has 2 rings (SSSR count). The molecule has 0 aliphatic carbocycles. The van der Waals surface area contributed by atoms with Gasteiger partial charge in [0.2, 0.25) is 0 Å². The molecule has 2 aromatic rings. The summed E-state index contributed by atoms with van der Waals surface area (Å²) in [6, 6.07) is 1.61. The van der Waals surface area contributed by atoms with Crippen molar-refractivity contribution < 1.29 is 27.9 Å². The van der Waals surface area contributed by atoms with E-state index in [1.54, 1.807) is 19.9 Å². The normalized spacial score (nSPS) is 11.3. The second-order valence-corrected chi connectivity index (χ2v) is 4.53. The van der Waals surface area contributed by atoms with Crippen LogP contribution in [0.1, 0.15) is 21.7 Å². The van der Waals surface area contributed by atoms with Gasteiger partial charge in [0.1, 0.15) is 5.56 Å². The van der Waals surface area contributed by atoms with Crippen LogP contribution < -0.4 is 5.32 Å². The van der Waals surface area contributed by atoms with Crippen molar-refractivity contribution >= 4 is 17.7 Å². The topological polar surface area (TPSA) is 110 Å². The van der Waals surface area contributed by atoms with Crippen LogP contribution in [0, 0.1) is 13.8 Å². The first kappa shape index (κ1) is 16.4. The second kappa shape index (κ2) is 5.66. The third-order valence-electron chi connectivity index (χ3n) is 2.65. The van der Waals surface area contributed by atoms with Gasteiger partial charge in [0.25, 0.3) is 5.95 Å². The molecule has 0 unspecified atom stereocenters. The molecule has 11 heteroatoms. The number of amides is 1. The summed E-state index contributed by atoms with van der Waals surface area (Å²) < 4.78 is 38.0. The fraction of sp³-hybridized carbons (Fsp3) is 0.250. The van der Waals surface area contributed by atoms with Gasteiger partial charge in [-0.3, -0.25) is 4.79 Å². The lowest BCUT2D eigenvalue weighted by Gasteiger charge is -2.11. The molecular formula is C12H10F3N5O3. The lowest BCUT2D eigenvalue weighted by atomic mass is 10.3. The first-order chi connectivity index (χ1) is 10.6. The molecule has 0 fully saturated rings. The summed E-state index contributed by atoms with van der Waals surface area (Å²) in [7, 11) is 0. The number of anilines is 1. The number of alkyl halides is 3. The Morgan fingerprint density at radius 2 is 1.78 bits per heavy atom. The van der Waals surface area contributed by atoms with Gasteiger partial charge in [0, 0.05) is 11.4 Å². The number of hydrogen-bond donors (Lipinski definition) is 2. The number of aromatic carboxylic acids is 1. The summed E-state index contributed by atoms with van der Waals surface area (Å²) in [5.74, 6) is -4.72. The number of hydrogen-bond acceptors (Lipinski definition) is 5. The van der Waals surface area contributed by atoms with Crippen LogP contribution in [-0.4, -0.2) is 42.9 Å². The van der Waals surface area contributed by atoms with E-state index in [1.807, 2.05) is 0 Å². The Balaban J connectivity index is 2.57. The Morgan fingerprint density at radius 1 is 1.22 bits per heavy atom. The average molecular weight is 329 g/mol. The molecule has 0 atom stereocenters. The zero-order valence-corrected chi connectivity index (χ0v) is 11.8. The molecular weight excluding hydrogens is 319 g/mol. The van der Waals surface area contributed by atoms with Crippen molar-refractivity contribution in [2.75, 3.05) is 5.32 Å². The fourth-order valence-electron chi connectivity index (χ4n) is 1.76. The van der Waals surface area contributed by atoms with Gasteiger partial charge in [-0.2, -0.15) is 23.0 Å². The molecule has 23 heavy (non-hydrogen) atoms. The molecule has 0 aromatic carbocycles. The van der Waals surface area contributed by atoms with Crippen LogP contribution in [0.2, 0.25) is 0 Å². The third kappa shape index (κ3) is 3.44. The van der Waals surface area contributed by atoms with Crippen molar-refractivity contribution in [1.29, 1.82) is 0 Å². The highest BCUT2D eigenvalue weighted by Crippen LogP contribution is 2.23. The first-order valence-corrected chi connectivity index (χ1v) is 6.11. The molecule has 0 saturated carbocycles. The van der Waals surface area contributed by atoms with Gasteiger partial charge in [-0.1, -0.05) is 0 Å². The zero-order valence-electron chi connectivity index (χ0n) is 11.8. The van der Waals surface area contributed by atoms with Crippen LogP contribution in [0.5, 0.6) is 0 Å². The zero-order chi connectivity index (χ0) is 17.4. The van der Waals surface area contributed by atoms with Crippen LogP contribution in [0.3, 0.4) is 0 Å².